The fraction of sp³-hybridized carbons (Fsp3) is 0.667. The number of aromatic nitrogens is 2. The number of hydrazine groups is 1. The van der Waals surface area contributed by atoms with Gasteiger partial charge in [-0.1, -0.05) is 19.3 Å². The molecule has 1 aliphatic rings. The van der Waals surface area contributed by atoms with Crippen molar-refractivity contribution in [1.29, 1.82) is 0 Å². The van der Waals surface area contributed by atoms with Gasteiger partial charge in [0.25, 0.3) is 0 Å². The van der Waals surface area contributed by atoms with E-state index in [-0.39, 0.29) is 29.5 Å². The Bertz CT molecular complexity index is 504. The normalized spacial score (nSPS) is 17.2. The molecule has 1 aliphatic carbocycles. The van der Waals surface area contributed by atoms with E-state index in [0.717, 1.165) is 38.3 Å². The number of nitrogen functional groups attached to an aromatic ring is 1. The van der Waals surface area contributed by atoms with E-state index in [0.29, 0.717) is 6.54 Å². The molecule has 0 radical (unpaired) electrons. The molecule has 0 bridgehead atoms. The number of rotatable bonds is 6. The van der Waals surface area contributed by atoms with Gasteiger partial charge in [-0.15, -0.1) is 0 Å². The monoisotopic (exact) mass is 296 g/mol. The van der Waals surface area contributed by atoms with Crippen LogP contribution in [-0.4, -0.2) is 33.1 Å². The highest BCUT2D eigenvalue weighted by atomic mass is 16.6. The quantitative estimate of drug-likeness (QED) is 0.346. The first-order valence-corrected chi connectivity index (χ1v) is 6.93. The summed E-state index contributed by atoms with van der Waals surface area (Å²) in [6, 6.07) is 0. The van der Waals surface area contributed by atoms with Crippen molar-refractivity contribution in [3.8, 4) is 0 Å². The molecule has 0 saturated heterocycles. The highest BCUT2D eigenvalue weighted by molar-refractivity contribution is 5.56. The molecule has 2 rings (SSSR count). The number of hydrogen-bond acceptors (Lipinski definition) is 8. The Labute approximate surface area is 122 Å². The summed E-state index contributed by atoms with van der Waals surface area (Å²) in [5, 5.41) is 23.6. The molecular formula is C12H20N6O3. The van der Waals surface area contributed by atoms with E-state index in [1.165, 1.54) is 0 Å². The highest BCUT2D eigenvalue weighted by Crippen LogP contribution is 2.36. The van der Waals surface area contributed by atoms with Crippen LogP contribution in [0.1, 0.15) is 32.1 Å². The molecule has 0 amide bonds. The van der Waals surface area contributed by atoms with Gasteiger partial charge in [0.1, 0.15) is 6.20 Å². The average molecular weight is 296 g/mol. The number of nitro groups is 1. The van der Waals surface area contributed by atoms with Gasteiger partial charge in [-0.05, 0) is 12.8 Å². The fourth-order valence-corrected chi connectivity index (χ4v) is 2.67. The summed E-state index contributed by atoms with van der Waals surface area (Å²) in [7, 11) is 0. The van der Waals surface area contributed by atoms with E-state index in [1.54, 1.807) is 0 Å². The van der Waals surface area contributed by atoms with Crippen molar-refractivity contribution in [2.75, 3.05) is 23.9 Å². The molecule has 0 atom stereocenters. The molecule has 1 aromatic heterocycles. The number of nitrogens with two attached hydrogens (primary N) is 1. The van der Waals surface area contributed by atoms with E-state index in [4.69, 9.17) is 5.84 Å². The summed E-state index contributed by atoms with van der Waals surface area (Å²) in [6.07, 6.45) is 6.19. The summed E-state index contributed by atoms with van der Waals surface area (Å²) in [5.74, 6) is 5.44. The number of anilines is 2. The maximum absolute atomic E-state index is 11.0. The van der Waals surface area contributed by atoms with Crippen LogP contribution in [0, 0.1) is 15.5 Å². The van der Waals surface area contributed by atoms with Crippen LogP contribution in [0.5, 0.6) is 0 Å². The molecule has 0 unspecified atom stereocenters. The number of hydrogen-bond donors (Lipinski definition) is 4. The molecule has 9 heteroatoms. The molecule has 1 saturated carbocycles. The van der Waals surface area contributed by atoms with Crippen molar-refractivity contribution in [2.45, 2.75) is 32.1 Å². The fourth-order valence-electron chi connectivity index (χ4n) is 2.67. The van der Waals surface area contributed by atoms with Crippen molar-refractivity contribution < 1.29 is 10.0 Å². The Morgan fingerprint density at radius 1 is 1.43 bits per heavy atom. The molecule has 9 nitrogen and oxygen atoms in total. The van der Waals surface area contributed by atoms with Crippen LogP contribution < -0.4 is 16.6 Å². The van der Waals surface area contributed by atoms with Crippen molar-refractivity contribution in [3.63, 3.8) is 0 Å². The largest absolute Gasteiger partial charge is 0.396 e. The van der Waals surface area contributed by atoms with Gasteiger partial charge in [0.05, 0.1) is 11.5 Å². The van der Waals surface area contributed by atoms with Crippen molar-refractivity contribution >= 4 is 17.5 Å². The lowest BCUT2D eigenvalue weighted by atomic mass is 9.74. The van der Waals surface area contributed by atoms with Gasteiger partial charge in [0, 0.05) is 12.0 Å². The Balaban J connectivity index is 2.15. The third-order valence-electron chi connectivity index (χ3n) is 3.98. The predicted molar refractivity (Wildman–Crippen MR) is 77.6 cm³/mol. The molecule has 1 heterocycles. The zero-order valence-corrected chi connectivity index (χ0v) is 11.7. The summed E-state index contributed by atoms with van der Waals surface area (Å²) in [6.45, 7) is 0.492. The van der Waals surface area contributed by atoms with Crippen LogP contribution in [0.4, 0.5) is 17.5 Å². The van der Waals surface area contributed by atoms with E-state index < -0.39 is 4.92 Å². The van der Waals surface area contributed by atoms with Crippen LogP contribution in [0.2, 0.25) is 0 Å². The first-order valence-electron chi connectivity index (χ1n) is 6.93. The molecule has 1 aromatic rings. The van der Waals surface area contributed by atoms with Gasteiger partial charge in [0.15, 0.2) is 0 Å². The topological polar surface area (TPSA) is 139 Å². The summed E-state index contributed by atoms with van der Waals surface area (Å²) >= 11 is 0. The third kappa shape index (κ3) is 3.56. The smallest absolute Gasteiger partial charge is 0.329 e. The van der Waals surface area contributed by atoms with Gasteiger partial charge in [-0.2, -0.15) is 4.98 Å². The maximum atomic E-state index is 11.0. The highest BCUT2D eigenvalue weighted by Gasteiger charge is 2.32. The maximum Gasteiger partial charge on any atom is 0.329 e. The molecule has 5 N–H and O–H groups in total. The Hall–Kier alpha value is -2.00. The summed E-state index contributed by atoms with van der Waals surface area (Å²) < 4.78 is 0. The Morgan fingerprint density at radius 3 is 2.71 bits per heavy atom. The van der Waals surface area contributed by atoms with Crippen molar-refractivity contribution in [3.05, 3.63) is 16.3 Å². The van der Waals surface area contributed by atoms with Crippen molar-refractivity contribution in [2.24, 2.45) is 11.3 Å². The lowest BCUT2D eigenvalue weighted by Crippen LogP contribution is -2.36. The second-order valence-electron chi connectivity index (χ2n) is 5.40. The third-order valence-corrected chi connectivity index (χ3v) is 3.98. The van der Waals surface area contributed by atoms with E-state index in [9.17, 15) is 15.2 Å². The van der Waals surface area contributed by atoms with Gasteiger partial charge in [-0.3, -0.25) is 15.5 Å². The van der Waals surface area contributed by atoms with Crippen LogP contribution in [-0.2, 0) is 0 Å². The van der Waals surface area contributed by atoms with Crippen LogP contribution in [0.25, 0.3) is 0 Å². The lowest BCUT2D eigenvalue weighted by molar-refractivity contribution is -0.384. The standard InChI is InChI=1S/C12H20N6O3/c13-17-11-14-6-9(18(20)21)10(16-11)15-7-12(8-19)4-2-1-3-5-12/h6,19H,1-5,7-8,13H2,(H2,14,15,16,17). The van der Waals surface area contributed by atoms with Crippen LogP contribution >= 0.6 is 0 Å². The van der Waals surface area contributed by atoms with E-state index in [2.05, 4.69) is 20.7 Å². The minimum Gasteiger partial charge on any atom is -0.396 e. The second-order valence-corrected chi connectivity index (χ2v) is 5.40. The van der Waals surface area contributed by atoms with Crippen LogP contribution in [0.15, 0.2) is 6.20 Å². The van der Waals surface area contributed by atoms with Gasteiger partial charge in [0.2, 0.25) is 11.8 Å². The first kappa shape index (κ1) is 15.4. The molecule has 1 fully saturated rings. The summed E-state index contributed by atoms with van der Waals surface area (Å²) in [5.41, 5.74) is 1.81. The zero-order valence-electron chi connectivity index (χ0n) is 11.7. The molecule has 21 heavy (non-hydrogen) atoms. The number of nitrogens with one attached hydrogen (secondary N) is 2. The average Bonchev–Trinajstić information content (AvgIpc) is 2.53. The zero-order chi connectivity index (χ0) is 15.3. The van der Waals surface area contributed by atoms with Gasteiger partial charge < -0.3 is 10.4 Å². The number of aliphatic hydroxyl groups is 1. The molecule has 116 valence electrons. The number of aliphatic hydroxyl groups excluding tert-OH is 1. The minimum absolute atomic E-state index is 0.0564. The SMILES string of the molecule is NNc1ncc([N+](=O)[O-])c(NCC2(CO)CCCCC2)n1. The van der Waals surface area contributed by atoms with Crippen molar-refractivity contribution in [1.82, 2.24) is 9.97 Å². The van der Waals surface area contributed by atoms with Gasteiger partial charge >= 0.3 is 5.69 Å². The molecule has 0 aliphatic heterocycles. The Kier molecular flexibility index (Phi) is 4.86. The molecule has 0 aromatic carbocycles. The molecular weight excluding hydrogens is 276 g/mol. The lowest BCUT2D eigenvalue weighted by Gasteiger charge is -2.35. The summed E-state index contributed by atoms with van der Waals surface area (Å²) in [4.78, 5) is 18.2. The van der Waals surface area contributed by atoms with E-state index in [1.807, 2.05) is 0 Å². The Morgan fingerprint density at radius 2 is 2.14 bits per heavy atom. The first-order chi connectivity index (χ1) is 10.1. The number of nitrogens with zero attached hydrogens (tertiary/aromatic N) is 3. The van der Waals surface area contributed by atoms with E-state index >= 15 is 0 Å². The second kappa shape index (κ2) is 6.64. The molecule has 0 spiro atoms. The minimum atomic E-state index is -0.547. The van der Waals surface area contributed by atoms with Crippen LogP contribution in [0.3, 0.4) is 0 Å². The van der Waals surface area contributed by atoms with Gasteiger partial charge in [-0.25, -0.2) is 10.8 Å². The predicted octanol–water partition coefficient (Wildman–Crippen LogP) is 1.03.